The molecule has 2 aromatic rings. The number of ether oxygens (including phenoxy) is 1. The molecule has 7 heteroatoms. The Labute approximate surface area is 118 Å². The zero-order valence-electron chi connectivity index (χ0n) is 10.8. The number of nitrogens with zero attached hydrogens (tertiary/aromatic N) is 3. The van der Waals surface area contributed by atoms with Gasteiger partial charge in [-0.15, -0.1) is 22.0 Å². The van der Waals surface area contributed by atoms with Crippen LogP contribution < -0.4 is 4.74 Å². The Morgan fingerprint density at radius 3 is 2.74 bits per heavy atom. The molecule has 19 heavy (non-hydrogen) atoms. The van der Waals surface area contributed by atoms with Gasteiger partial charge in [-0.1, -0.05) is 0 Å². The predicted octanol–water partition coefficient (Wildman–Crippen LogP) is 1.82. The Balaban J connectivity index is 1.89. The molecule has 0 saturated carbocycles. The van der Waals surface area contributed by atoms with Gasteiger partial charge >= 0.3 is 0 Å². The fourth-order valence-electron chi connectivity index (χ4n) is 1.55. The molecule has 2 rings (SSSR count). The molecule has 0 aliphatic heterocycles. The van der Waals surface area contributed by atoms with E-state index < -0.39 is 10.8 Å². The van der Waals surface area contributed by atoms with E-state index in [0.29, 0.717) is 18.3 Å². The van der Waals surface area contributed by atoms with E-state index in [-0.39, 0.29) is 0 Å². The van der Waals surface area contributed by atoms with Crippen LogP contribution in [0.5, 0.6) is 5.75 Å². The highest BCUT2D eigenvalue weighted by Crippen LogP contribution is 2.18. The van der Waals surface area contributed by atoms with E-state index >= 15 is 0 Å². The first-order valence-electron chi connectivity index (χ1n) is 5.69. The molecule has 1 aromatic carbocycles. The standard InChI is InChI=1S/C12H15N3O2S2/c1-18-11-5-3-10(4-6-11)17-8-7-15-9-13-14-12(15)19(2)16/h3-6,9H,7-8H2,1-2H3/t19-/m0/s1. The summed E-state index contributed by atoms with van der Waals surface area (Å²) in [5.74, 6) is 0.824. The summed E-state index contributed by atoms with van der Waals surface area (Å²) in [6.45, 7) is 1.06. The lowest BCUT2D eigenvalue weighted by atomic mass is 10.3. The van der Waals surface area contributed by atoms with Gasteiger partial charge in [0.25, 0.3) is 0 Å². The van der Waals surface area contributed by atoms with Gasteiger partial charge in [-0.25, -0.2) is 0 Å². The highest BCUT2D eigenvalue weighted by molar-refractivity contribution is 7.98. The van der Waals surface area contributed by atoms with Crippen LogP contribution in [-0.2, 0) is 17.3 Å². The van der Waals surface area contributed by atoms with E-state index in [1.54, 1.807) is 28.9 Å². The van der Waals surface area contributed by atoms with E-state index in [4.69, 9.17) is 4.74 Å². The quantitative estimate of drug-likeness (QED) is 0.761. The van der Waals surface area contributed by atoms with Crippen molar-refractivity contribution in [3.05, 3.63) is 30.6 Å². The lowest BCUT2D eigenvalue weighted by Crippen LogP contribution is -2.11. The fraction of sp³-hybridized carbons (Fsp3) is 0.333. The second-order valence-corrected chi connectivity index (χ2v) is 5.94. The molecule has 0 unspecified atom stereocenters. The second-order valence-electron chi connectivity index (χ2n) is 3.79. The SMILES string of the molecule is CSc1ccc(OCCn2cnnc2[S@](C)=O)cc1. The maximum atomic E-state index is 11.4. The molecule has 0 fully saturated rings. The van der Waals surface area contributed by atoms with E-state index in [9.17, 15) is 4.21 Å². The van der Waals surface area contributed by atoms with Crippen LogP contribution in [0.3, 0.4) is 0 Å². The molecule has 0 bridgehead atoms. The third-order valence-corrected chi connectivity index (χ3v) is 4.07. The van der Waals surface area contributed by atoms with Crippen LogP contribution in [0, 0.1) is 0 Å². The van der Waals surface area contributed by atoms with Crippen molar-refractivity contribution in [3.63, 3.8) is 0 Å². The van der Waals surface area contributed by atoms with Crippen molar-refractivity contribution < 1.29 is 8.95 Å². The fourth-order valence-corrected chi connectivity index (χ4v) is 2.59. The van der Waals surface area contributed by atoms with Crippen LogP contribution in [0.2, 0.25) is 0 Å². The van der Waals surface area contributed by atoms with E-state index in [2.05, 4.69) is 10.2 Å². The number of aromatic nitrogens is 3. The normalized spacial score (nSPS) is 12.3. The maximum absolute atomic E-state index is 11.4. The summed E-state index contributed by atoms with van der Waals surface area (Å²) < 4.78 is 18.7. The van der Waals surface area contributed by atoms with E-state index in [1.807, 2.05) is 30.5 Å². The highest BCUT2D eigenvalue weighted by Gasteiger charge is 2.07. The Kier molecular flexibility index (Phi) is 4.98. The number of rotatable bonds is 6. The maximum Gasteiger partial charge on any atom is 0.221 e. The number of hydrogen-bond donors (Lipinski definition) is 0. The average Bonchev–Trinajstić information content (AvgIpc) is 2.88. The summed E-state index contributed by atoms with van der Waals surface area (Å²) in [5, 5.41) is 8.05. The molecule has 0 spiro atoms. The zero-order valence-corrected chi connectivity index (χ0v) is 12.4. The lowest BCUT2D eigenvalue weighted by Gasteiger charge is -2.08. The number of benzene rings is 1. The van der Waals surface area contributed by atoms with Crippen molar-refractivity contribution in [2.45, 2.75) is 16.6 Å². The average molecular weight is 297 g/mol. The molecular weight excluding hydrogens is 282 g/mol. The minimum Gasteiger partial charge on any atom is -0.492 e. The van der Waals surface area contributed by atoms with Gasteiger partial charge in [-0.2, -0.15) is 0 Å². The number of thioether (sulfide) groups is 1. The van der Waals surface area contributed by atoms with Crippen molar-refractivity contribution in [2.24, 2.45) is 0 Å². The highest BCUT2D eigenvalue weighted by atomic mass is 32.2. The largest absolute Gasteiger partial charge is 0.492 e. The molecule has 5 nitrogen and oxygen atoms in total. The topological polar surface area (TPSA) is 57.0 Å². The summed E-state index contributed by atoms with van der Waals surface area (Å²) >= 11 is 1.69. The molecule has 0 aliphatic carbocycles. The van der Waals surface area contributed by atoms with Crippen molar-refractivity contribution in [1.82, 2.24) is 14.8 Å². The summed E-state index contributed by atoms with van der Waals surface area (Å²) in [6, 6.07) is 7.92. The van der Waals surface area contributed by atoms with Crippen molar-refractivity contribution in [3.8, 4) is 5.75 Å². The van der Waals surface area contributed by atoms with Crippen molar-refractivity contribution in [1.29, 1.82) is 0 Å². The van der Waals surface area contributed by atoms with Gasteiger partial charge in [0, 0.05) is 11.2 Å². The van der Waals surface area contributed by atoms with Gasteiger partial charge in [0.1, 0.15) is 18.7 Å². The molecule has 1 heterocycles. The smallest absolute Gasteiger partial charge is 0.221 e. The van der Waals surface area contributed by atoms with Gasteiger partial charge in [0.2, 0.25) is 5.16 Å². The summed E-state index contributed by atoms with van der Waals surface area (Å²) in [6.07, 6.45) is 5.19. The molecule has 0 aliphatic rings. The lowest BCUT2D eigenvalue weighted by molar-refractivity contribution is 0.293. The molecule has 0 saturated heterocycles. The molecule has 102 valence electrons. The summed E-state index contributed by atoms with van der Waals surface area (Å²) in [4.78, 5) is 1.20. The molecular formula is C12H15N3O2S2. The first-order chi connectivity index (χ1) is 9.20. The van der Waals surface area contributed by atoms with Gasteiger partial charge < -0.3 is 9.30 Å². The Morgan fingerprint density at radius 2 is 2.11 bits per heavy atom. The van der Waals surface area contributed by atoms with Gasteiger partial charge in [-0.05, 0) is 30.5 Å². The summed E-state index contributed by atoms with van der Waals surface area (Å²) in [5.41, 5.74) is 0. The molecule has 0 amide bonds. The van der Waals surface area contributed by atoms with Crippen molar-refractivity contribution in [2.75, 3.05) is 19.1 Å². The molecule has 1 aromatic heterocycles. The van der Waals surface area contributed by atoms with Crippen LogP contribution in [0.25, 0.3) is 0 Å². The van der Waals surface area contributed by atoms with Crippen LogP contribution in [0.4, 0.5) is 0 Å². The minimum atomic E-state index is -1.13. The third-order valence-electron chi connectivity index (χ3n) is 2.50. The van der Waals surface area contributed by atoms with Gasteiger partial charge in [0.15, 0.2) is 0 Å². The predicted molar refractivity (Wildman–Crippen MR) is 76.1 cm³/mol. The molecule has 0 radical (unpaired) electrons. The minimum absolute atomic E-state index is 0.473. The van der Waals surface area contributed by atoms with Crippen LogP contribution in [0.1, 0.15) is 0 Å². The molecule has 1 atom stereocenters. The van der Waals surface area contributed by atoms with E-state index in [1.165, 1.54) is 4.90 Å². The van der Waals surface area contributed by atoms with Gasteiger partial charge in [-0.3, -0.25) is 4.21 Å². The first kappa shape index (κ1) is 14.1. The second kappa shape index (κ2) is 6.72. The zero-order chi connectivity index (χ0) is 13.7. The Hall–Kier alpha value is -1.34. The Bertz CT molecular complexity index is 554. The van der Waals surface area contributed by atoms with Crippen LogP contribution in [-0.4, -0.2) is 38.1 Å². The number of hydrogen-bond acceptors (Lipinski definition) is 5. The molecule has 0 N–H and O–H groups in total. The van der Waals surface area contributed by atoms with Crippen molar-refractivity contribution >= 4 is 22.6 Å². The summed E-state index contributed by atoms with van der Waals surface area (Å²) in [7, 11) is -1.13. The van der Waals surface area contributed by atoms with Crippen LogP contribution >= 0.6 is 11.8 Å². The van der Waals surface area contributed by atoms with Crippen LogP contribution in [0.15, 0.2) is 40.6 Å². The first-order valence-corrected chi connectivity index (χ1v) is 8.47. The third kappa shape index (κ3) is 3.81. The van der Waals surface area contributed by atoms with Gasteiger partial charge in [0.05, 0.1) is 17.3 Å². The van der Waals surface area contributed by atoms with E-state index in [0.717, 1.165) is 5.75 Å². The monoisotopic (exact) mass is 297 g/mol. The Morgan fingerprint density at radius 1 is 1.37 bits per heavy atom.